The molecule has 1 aromatic rings. The Hall–Kier alpha value is -0.680. The van der Waals surface area contributed by atoms with Gasteiger partial charge in [-0.25, -0.2) is 4.98 Å². The molecule has 1 N–H and O–H groups in total. The van der Waals surface area contributed by atoms with Gasteiger partial charge >= 0.3 is 0 Å². The maximum Gasteiger partial charge on any atom is 0.202 e. The number of anilines is 1. The number of rotatable bonds is 5. The molecule has 0 aromatic carbocycles. The Morgan fingerprint density at radius 1 is 1.38 bits per heavy atom. The summed E-state index contributed by atoms with van der Waals surface area (Å²) in [6.45, 7) is 11.9. The fraction of sp³-hybridized carbons (Fsp3) is 0.818. The lowest BCUT2D eigenvalue weighted by Gasteiger charge is -2.12. The van der Waals surface area contributed by atoms with Gasteiger partial charge in [-0.3, -0.25) is 0 Å². The molecule has 16 heavy (non-hydrogen) atoms. The summed E-state index contributed by atoms with van der Waals surface area (Å²) in [5.74, 6) is 0.893. The van der Waals surface area contributed by atoms with E-state index >= 15 is 0 Å². The summed E-state index contributed by atoms with van der Waals surface area (Å²) in [6.07, 6.45) is 0.279. The van der Waals surface area contributed by atoms with Gasteiger partial charge in [-0.15, -0.1) is 0 Å². The lowest BCUT2D eigenvalue weighted by molar-refractivity contribution is 0.0870. The zero-order valence-electron chi connectivity index (χ0n) is 10.7. The van der Waals surface area contributed by atoms with E-state index in [-0.39, 0.29) is 11.5 Å². The molecule has 0 atom stereocenters. The van der Waals surface area contributed by atoms with Crippen LogP contribution in [0, 0.1) is 0 Å². The van der Waals surface area contributed by atoms with Crippen LogP contribution in [0.4, 0.5) is 5.13 Å². The maximum absolute atomic E-state index is 5.43. The Kier molecular flexibility index (Phi) is 4.68. The molecule has 0 saturated heterocycles. The lowest BCUT2D eigenvalue weighted by atomic mass is 9.96. The quantitative estimate of drug-likeness (QED) is 0.808. The molecular formula is C11H21N3OS. The van der Waals surface area contributed by atoms with Crippen LogP contribution in [0.15, 0.2) is 0 Å². The smallest absolute Gasteiger partial charge is 0.202 e. The Morgan fingerprint density at radius 3 is 2.56 bits per heavy atom. The summed E-state index contributed by atoms with van der Waals surface area (Å²) >= 11 is 1.41. The standard InChI is InChI=1S/C11H21N3OS/c1-8(2)15-7-6-12-10-13-9(14-16-10)11(3,4)5/h8H,6-7H2,1-5H3,(H,12,13,14). The van der Waals surface area contributed by atoms with Crippen molar-refractivity contribution in [3.63, 3.8) is 0 Å². The number of hydrogen-bond acceptors (Lipinski definition) is 5. The molecule has 0 bridgehead atoms. The molecule has 1 heterocycles. The fourth-order valence-corrected chi connectivity index (χ4v) is 1.83. The van der Waals surface area contributed by atoms with E-state index in [2.05, 4.69) is 35.4 Å². The second-order valence-electron chi connectivity index (χ2n) is 5.02. The third-order valence-electron chi connectivity index (χ3n) is 1.93. The number of ether oxygens (including phenoxy) is 1. The van der Waals surface area contributed by atoms with Gasteiger partial charge in [-0.2, -0.15) is 4.37 Å². The van der Waals surface area contributed by atoms with E-state index in [1.807, 2.05) is 13.8 Å². The van der Waals surface area contributed by atoms with Crippen LogP contribution >= 0.6 is 11.5 Å². The molecule has 0 spiro atoms. The molecule has 92 valence electrons. The summed E-state index contributed by atoms with van der Waals surface area (Å²) in [7, 11) is 0. The average molecular weight is 243 g/mol. The largest absolute Gasteiger partial charge is 0.377 e. The Morgan fingerprint density at radius 2 is 2.06 bits per heavy atom. The van der Waals surface area contributed by atoms with Crippen LogP contribution in [0.5, 0.6) is 0 Å². The molecule has 0 amide bonds. The van der Waals surface area contributed by atoms with Crippen molar-refractivity contribution in [2.24, 2.45) is 0 Å². The summed E-state index contributed by atoms with van der Waals surface area (Å²) in [4.78, 5) is 4.44. The highest BCUT2D eigenvalue weighted by atomic mass is 32.1. The maximum atomic E-state index is 5.43. The Labute approximate surface area is 102 Å². The molecular weight excluding hydrogens is 222 g/mol. The first-order valence-electron chi connectivity index (χ1n) is 5.59. The van der Waals surface area contributed by atoms with E-state index in [9.17, 15) is 0 Å². The van der Waals surface area contributed by atoms with Gasteiger partial charge in [0.15, 0.2) is 0 Å². The molecule has 4 nitrogen and oxygen atoms in total. The zero-order valence-corrected chi connectivity index (χ0v) is 11.5. The predicted octanol–water partition coefficient (Wildman–Crippen LogP) is 2.67. The molecule has 0 aliphatic rings. The first-order valence-corrected chi connectivity index (χ1v) is 6.36. The van der Waals surface area contributed by atoms with Crippen molar-refractivity contribution in [3.8, 4) is 0 Å². The summed E-state index contributed by atoms with van der Waals surface area (Å²) in [5, 5.41) is 4.08. The van der Waals surface area contributed by atoms with E-state index in [1.54, 1.807) is 0 Å². The minimum Gasteiger partial charge on any atom is -0.377 e. The van der Waals surface area contributed by atoms with Crippen LogP contribution in [-0.2, 0) is 10.2 Å². The third-order valence-corrected chi connectivity index (χ3v) is 2.60. The SMILES string of the molecule is CC(C)OCCNc1nc(C(C)(C)C)ns1. The van der Waals surface area contributed by atoms with Crippen molar-refractivity contribution < 1.29 is 4.74 Å². The number of hydrogen-bond donors (Lipinski definition) is 1. The first kappa shape index (κ1) is 13.4. The first-order chi connectivity index (χ1) is 7.39. The second kappa shape index (κ2) is 5.59. The van der Waals surface area contributed by atoms with Gasteiger partial charge in [0, 0.05) is 23.5 Å². The van der Waals surface area contributed by atoms with Crippen molar-refractivity contribution in [3.05, 3.63) is 5.82 Å². The number of aromatic nitrogens is 2. The van der Waals surface area contributed by atoms with Gasteiger partial charge in [0.25, 0.3) is 0 Å². The highest BCUT2D eigenvalue weighted by molar-refractivity contribution is 7.09. The Balaban J connectivity index is 2.36. The molecule has 1 aromatic heterocycles. The van der Waals surface area contributed by atoms with E-state index < -0.39 is 0 Å². The summed E-state index contributed by atoms with van der Waals surface area (Å²) in [6, 6.07) is 0. The van der Waals surface area contributed by atoms with Crippen LogP contribution in [0.3, 0.4) is 0 Å². The number of nitrogens with zero attached hydrogens (tertiary/aromatic N) is 2. The van der Waals surface area contributed by atoms with Crippen LogP contribution in [0.2, 0.25) is 0 Å². The molecule has 0 aliphatic heterocycles. The van der Waals surface area contributed by atoms with Crippen molar-refractivity contribution >= 4 is 16.7 Å². The highest BCUT2D eigenvalue weighted by Gasteiger charge is 2.19. The van der Waals surface area contributed by atoms with Crippen molar-refractivity contribution in [1.29, 1.82) is 0 Å². The minimum atomic E-state index is 0.0187. The van der Waals surface area contributed by atoms with Crippen LogP contribution in [-0.4, -0.2) is 28.6 Å². The normalized spacial score (nSPS) is 12.1. The summed E-state index contributed by atoms with van der Waals surface area (Å²) < 4.78 is 9.76. The monoisotopic (exact) mass is 243 g/mol. The Bertz CT molecular complexity index is 317. The number of nitrogens with one attached hydrogen (secondary N) is 1. The summed E-state index contributed by atoms with van der Waals surface area (Å²) in [5.41, 5.74) is 0.0187. The van der Waals surface area contributed by atoms with Gasteiger partial charge in [-0.05, 0) is 13.8 Å². The van der Waals surface area contributed by atoms with Gasteiger partial charge in [0.05, 0.1) is 12.7 Å². The van der Waals surface area contributed by atoms with Crippen LogP contribution < -0.4 is 5.32 Å². The van der Waals surface area contributed by atoms with E-state index in [1.165, 1.54) is 11.5 Å². The molecule has 5 heteroatoms. The predicted molar refractivity (Wildman–Crippen MR) is 68.2 cm³/mol. The average Bonchev–Trinajstić information content (AvgIpc) is 2.59. The van der Waals surface area contributed by atoms with E-state index in [4.69, 9.17) is 4.74 Å². The van der Waals surface area contributed by atoms with Crippen molar-refractivity contribution in [2.75, 3.05) is 18.5 Å². The van der Waals surface area contributed by atoms with Crippen molar-refractivity contribution in [2.45, 2.75) is 46.1 Å². The third kappa shape index (κ3) is 4.45. The molecule has 0 unspecified atom stereocenters. The fourth-order valence-electron chi connectivity index (χ4n) is 1.05. The van der Waals surface area contributed by atoms with Gasteiger partial charge < -0.3 is 10.1 Å². The highest BCUT2D eigenvalue weighted by Crippen LogP contribution is 2.22. The van der Waals surface area contributed by atoms with Gasteiger partial charge in [-0.1, -0.05) is 20.8 Å². The van der Waals surface area contributed by atoms with Gasteiger partial charge in [0.2, 0.25) is 5.13 Å². The molecule has 0 radical (unpaired) electrons. The molecule has 0 fully saturated rings. The van der Waals surface area contributed by atoms with Crippen LogP contribution in [0.25, 0.3) is 0 Å². The van der Waals surface area contributed by atoms with Crippen LogP contribution in [0.1, 0.15) is 40.4 Å². The van der Waals surface area contributed by atoms with Gasteiger partial charge in [0.1, 0.15) is 5.82 Å². The lowest BCUT2D eigenvalue weighted by Crippen LogP contribution is -2.15. The molecule has 0 aliphatic carbocycles. The topological polar surface area (TPSA) is 47.0 Å². The van der Waals surface area contributed by atoms with Crippen molar-refractivity contribution in [1.82, 2.24) is 9.36 Å². The molecule has 1 rings (SSSR count). The van der Waals surface area contributed by atoms with E-state index in [0.717, 1.165) is 17.5 Å². The zero-order chi connectivity index (χ0) is 12.2. The molecule has 0 saturated carbocycles. The minimum absolute atomic E-state index is 0.0187. The second-order valence-corrected chi connectivity index (χ2v) is 5.77. The van der Waals surface area contributed by atoms with E-state index in [0.29, 0.717) is 6.61 Å².